The van der Waals surface area contributed by atoms with Crippen LogP contribution in [0, 0.1) is 17.8 Å². The van der Waals surface area contributed by atoms with Crippen LogP contribution < -0.4 is 0 Å². The number of fused-ring (bicyclic) bond motifs is 1. The highest BCUT2D eigenvalue weighted by Crippen LogP contribution is 2.36. The van der Waals surface area contributed by atoms with Crippen LogP contribution in [-0.4, -0.2) is 11.9 Å². The van der Waals surface area contributed by atoms with Gasteiger partial charge in [0.05, 0.1) is 11.8 Å². The zero-order valence-corrected chi connectivity index (χ0v) is 8.94. The Labute approximate surface area is 89.5 Å². The molecule has 0 aromatic carbocycles. The third-order valence-corrected chi connectivity index (χ3v) is 3.29. The van der Waals surface area contributed by atoms with Crippen LogP contribution in [0.1, 0.15) is 32.6 Å². The Bertz CT molecular complexity index is 306. The number of ether oxygens (including phenoxy) is 1. The van der Waals surface area contributed by atoms with Gasteiger partial charge in [-0.15, -0.1) is 0 Å². The molecular formula is C12H16O3. The number of rotatable bonds is 3. The number of allylic oxidation sites excluding steroid dienone is 1. The van der Waals surface area contributed by atoms with Crippen LogP contribution in [0.4, 0.5) is 0 Å². The standard InChI is InChI=1S/C12H16O3/c1-2-3-4-8-5-6-9-10(7-8)12(14)15-11(9)13/h5-6,8-10H,2-4,7H2,1H3. The van der Waals surface area contributed by atoms with Gasteiger partial charge in [-0.2, -0.15) is 0 Å². The van der Waals surface area contributed by atoms with Crippen molar-refractivity contribution < 1.29 is 14.3 Å². The fraction of sp³-hybridized carbons (Fsp3) is 0.667. The third-order valence-electron chi connectivity index (χ3n) is 3.29. The van der Waals surface area contributed by atoms with E-state index in [9.17, 15) is 9.59 Å². The Hall–Kier alpha value is -1.12. The Morgan fingerprint density at radius 3 is 2.87 bits per heavy atom. The molecular weight excluding hydrogens is 192 g/mol. The molecule has 3 unspecified atom stereocenters. The van der Waals surface area contributed by atoms with Gasteiger partial charge in [0.15, 0.2) is 0 Å². The summed E-state index contributed by atoms with van der Waals surface area (Å²) in [6, 6.07) is 0. The Balaban J connectivity index is 2.02. The molecule has 2 rings (SSSR count). The first-order chi connectivity index (χ1) is 7.22. The number of hydrogen-bond acceptors (Lipinski definition) is 3. The lowest BCUT2D eigenvalue weighted by Crippen LogP contribution is -2.23. The highest BCUT2D eigenvalue weighted by Gasteiger charge is 2.45. The average Bonchev–Trinajstić information content (AvgIpc) is 2.52. The molecule has 1 heterocycles. The summed E-state index contributed by atoms with van der Waals surface area (Å²) in [7, 11) is 0. The summed E-state index contributed by atoms with van der Waals surface area (Å²) >= 11 is 0. The summed E-state index contributed by atoms with van der Waals surface area (Å²) in [6.45, 7) is 2.16. The topological polar surface area (TPSA) is 43.4 Å². The smallest absolute Gasteiger partial charge is 0.321 e. The molecule has 82 valence electrons. The number of hydrogen-bond donors (Lipinski definition) is 0. The summed E-state index contributed by atoms with van der Waals surface area (Å²) in [5.74, 6) is -0.740. The van der Waals surface area contributed by atoms with Gasteiger partial charge in [0, 0.05) is 0 Å². The molecule has 0 amide bonds. The van der Waals surface area contributed by atoms with Crippen molar-refractivity contribution in [1.29, 1.82) is 0 Å². The summed E-state index contributed by atoms with van der Waals surface area (Å²) in [5.41, 5.74) is 0. The van der Waals surface area contributed by atoms with Crippen molar-refractivity contribution in [2.24, 2.45) is 17.8 Å². The van der Waals surface area contributed by atoms with E-state index in [2.05, 4.69) is 17.7 Å². The summed E-state index contributed by atoms with van der Waals surface area (Å²) in [4.78, 5) is 22.6. The number of cyclic esters (lactones) is 2. The molecule has 1 saturated heterocycles. The monoisotopic (exact) mass is 208 g/mol. The molecule has 0 N–H and O–H groups in total. The average molecular weight is 208 g/mol. The zero-order valence-electron chi connectivity index (χ0n) is 8.94. The molecule has 0 saturated carbocycles. The van der Waals surface area contributed by atoms with Crippen molar-refractivity contribution in [3.63, 3.8) is 0 Å². The molecule has 1 aliphatic carbocycles. The second-order valence-corrected chi connectivity index (χ2v) is 4.40. The van der Waals surface area contributed by atoms with Crippen molar-refractivity contribution in [2.75, 3.05) is 0 Å². The van der Waals surface area contributed by atoms with Gasteiger partial charge in [0.1, 0.15) is 0 Å². The Morgan fingerprint density at radius 2 is 2.13 bits per heavy atom. The van der Waals surface area contributed by atoms with E-state index in [1.54, 1.807) is 0 Å². The van der Waals surface area contributed by atoms with Crippen molar-refractivity contribution in [1.82, 2.24) is 0 Å². The normalized spacial score (nSPS) is 34.1. The summed E-state index contributed by atoms with van der Waals surface area (Å²) < 4.78 is 4.63. The SMILES string of the molecule is CCCCC1C=CC2C(=O)OC(=O)C2C1. The minimum absolute atomic E-state index is 0.204. The van der Waals surface area contributed by atoms with E-state index in [1.165, 1.54) is 12.8 Å². The van der Waals surface area contributed by atoms with E-state index >= 15 is 0 Å². The maximum atomic E-state index is 11.4. The van der Waals surface area contributed by atoms with Gasteiger partial charge in [0.25, 0.3) is 0 Å². The first-order valence-corrected chi connectivity index (χ1v) is 5.66. The predicted octanol–water partition coefficient (Wildman–Crippen LogP) is 2.07. The second-order valence-electron chi connectivity index (χ2n) is 4.40. The number of esters is 2. The third kappa shape index (κ3) is 1.96. The maximum absolute atomic E-state index is 11.4. The van der Waals surface area contributed by atoms with Gasteiger partial charge in [-0.05, 0) is 18.8 Å². The minimum atomic E-state index is -0.366. The molecule has 1 fully saturated rings. The van der Waals surface area contributed by atoms with Gasteiger partial charge in [-0.3, -0.25) is 9.59 Å². The van der Waals surface area contributed by atoms with E-state index in [0.29, 0.717) is 5.92 Å². The molecule has 3 heteroatoms. The van der Waals surface area contributed by atoms with Gasteiger partial charge < -0.3 is 4.74 Å². The van der Waals surface area contributed by atoms with Crippen LogP contribution in [0.3, 0.4) is 0 Å². The van der Waals surface area contributed by atoms with Gasteiger partial charge >= 0.3 is 11.9 Å². The van der Waals surface area contributed by atoms with Crippen molar-refractivity contribution in [3.05, 3.63) is 12.2 Å². The quantitative estimate of drug-likeness (QED) is 0.405. The van der Waals surface area contributed by atoms with Crippen molar-refractivity contribution in [2.45, 2.75) is 32.6 Å². The van der Waals surface area contributed by atoms with Crippen LogP contribution in [0.15, 0.2) is 12.2 Å². The summed E-state index contributed by atoms with van der Waals surface area (Å²) in [6.07, 6.45) is 8.18. The Morgan fingerprint density at radius 1 is 1.33 bits per heavy atom. The van der Waals surface area contributed by atoms with E-state index < -0.39 is 0 Å². The minimum Gasteiger partial charge on any atom is -0.392 e. The lowest BCUT2D eigenvalue weighted by atomic mass is 9.79. The van der Waals surface area contributed by atoms with E-state index in [-0.39, 0.29) is 23.8 Å². The fourth-order valence-electron chi connectivity index (χ4n) is 2.37. The molecule has 2 aliphatic rings. The number of unbranched alkanes of at least 4 members (excludes halogenated alkanes) is 1. The number of carbonyl (C=O) groups excluding carboxylic acids is 2. The second kappa shape index (κ2) is 4.17. The molecule has 0 bridgehead atoms. The molecule has 0 aromatic heterocycles. The van der Waals surface area contributed by atoms with Crippen LogP contribution in [-0.2, 0) is 14.3 Å². The van der Waals surface area contributed by atoms with Crippen LogP contribution in [0.2, 0.25) is 0 Å². The summed E-state index contributed by atoms with van der Waals surface area (Å²) in [5, 5.41) is 0. The van der Waals surface area contributed by atoms with Crippen LogP contribution in [0.5, 0.6) is 0 Å². The molecule has 0 radical (unpaired) electrons. The van der Waals surface area contributed by atoms with Gasteiger partial charge in [-0.25, -0.2) is 0 Å². The van der Waals surface area contributed by atoms with E-state index in [1.807, 2.05) is 6.08 Å². The molecule has 15 heavy (non-hydrogen) atoms. The molecule has 3 nitrogen and oxygen atoms in total. The lowest BCUT2D eigenvalue weighted by molar-refractivity contribution is -0.153. The van der Waals surface area contributed by atoms with Crippen LogP contribution in [0.25, 0.3) is 0 Å². The Kier molecular flexibility index (Phi) is 2.89. The van der Waals surface area contributed by atoms with Crippen LogP contribution >= 0.6 is 0 Å². The highest BCUT2D eigenvalue weighted by atomic mass is 16.6. The fourth-order valence-corrected chi connectivity index (χ4v) is 2.37. The molecule has 1 aliphatic heterocycles. The lowest BCUT2D eigenvalue weighted by Gasteiger charge is -2.21. The molecule has 0 spiro atoms. The first kappa shape index (κ1) is 10.4. The van der Waals surface area contributed by atoms with E-state index in [0.717, 1.165) is 12.8 Å². The van der Waals surface area contributed by atoms with Gasteiger partial charge in [0.2, 0.25) is 0 Å². The van der Waals surface area contributed by atoms with Gasteiger partial charge in [-0.1, -0.05) is 31.9 Å². The van der Waals surface area contributed by atoms with E-state index in [4.69, 9.17) is 0 Å². The molecule has 3 atom stereocenters. The molecule has 0 aromatic rings. The predicted molar refractivity (Wildman–Crippen MR) is 54.9 cm³/mol. The first-order valence-electron chi connectivity index (χ1n) is 5.66. The zero-order chi connectivity index (χ0) is 10.8. The largest absolute Gasteiger partial charge is 0.392 e. The van der Waals surface area contributed by atoms with Crippen molar-refractivity contribution >= 4 is 11.9 Å². The van der Waals surface area contributed by atoms with Crippen molar-refractivity contribution in [3.8, 4) is 0 Å². The number of carbonyl (C=O) groups is 2. The maximum Gasteiger partial charge on any atom is 0.321 e. The highest BCUT2D eigenvalue weighted by molar-refractivity contribution is 5.97.